The lowest BCUT2D eigenvalue weighted by atomic mass is 9.65. The molecule has 0 bridgehead atoms. The van der Waals surface area contributed by atoms with Crippen molar-refractivity contribution in [3.05, 3.63) is 0 Å². The van der Waals surface area contributed by atoms with Crippen LogP contribution in [0.3, 0.4) is 0 Å². The minimum Gasteiger partial charge on any atom is -0.454 e. The van der Waals surface area contributed by atoms with Crippen LogP contribution in [-0.4, -0.2) is 77.3 Å². The Bertz CT molecular complexity index is 824. The van der Waals surface area contributed by atoms with Crippen molar-refractivity contribution in [2.75, 3.05) is 26.7 Å². The van der Waals surface area contributed by atoms with E-state index in [0.717, 1.165) is 29.1 Å². The Balaban J connectivity index is 1.85. The highest BCUT2D eigenvalue weighted by Crippen LogP contribution is 2.45. The molecule has 10 heteroatoms. The van der Waals surface area contributed by atoms with Crippen molar-refractivity contribution in [2.45, 2.75) is 84.7 Å². The van der Waals surface area contributed by atoms with E-state index in [-0.39, 0.29) is 17.9 Å². The van der Waals surface area contributed by atoms with E-state index in [0.29, 0.717) is 18.8 Å². The van der Waals surface area contributed by atoms with Crippen LogP contribution in [0.2, 0.25) is 0 Å². The average molecular weight is 481 g/mol. The topological polar surface area (TPSA) is 125 Å². The number of nitrogens with zero attached hydrogens (tertiary/aromatic N) is 2. The number of carbonyl (C=O) groups is 5. The number of likely N-dealkylation sites (N-methyl/N-ethyl adjacent to an activating group) is 1. The van der Waals surface area contributed by atoms with Gasteiger partial charge in [-0.25, -0.2) is 4.79 Å². The van der Waals surface area contributed by atoms with Gasteiger partial charge in [0.2, 0.25) is 5.91 Å². The van der Waals surface area contributed by atoms with Gasteiger partial charge in [0.1, 0.15) is 12.1 Å². The number of carbonyl (C=O) groups excluding carboxylic acids is 5. The molecule has 1 saturated carbocycles. The number of urea groups is 1. The first kappa shape index (κ1) is 27.6. The Labute approximate surface area is 202 Å². The first-order valence-corrected chi connectivity index (χ1v) is 11.9. The van der Waals surface area contributed by atoms with Gasteiger partial charge in [0.05, 0.1) is 6.54 Å². The van der Waals surface area contributed by atoms with E-state index >= 15 is 0 Å². The lowest BCUT2D eigenvalue weighted by Crippen LogP contribution is -2.51. The van der Waals surface area contributed by atoms with Gasteiger partial charge in [-0.2, -0.15) is 0 Å². The Morgan fingerprint density at radius 1 is 1.15 bits per heavy atom. The summed E-state index contributed by atoms with van der Waals surface area (Å²) in [6.45, 7) is 10.8. The Morgan fingerprint density at radius 2 is 1.74 bits per heavy atom. The zero-order chi connectivity index (χ0) is 25.9. The van der Waals surface area contributed by atoms with Crippen LogP contribution in [0.4, 0.5) is 4.79 Å². The summed E-state index contributed by atoms with van der Waals surface area (Å²) in [5, 5.41) is 5.54. The van der Waals surface area contributed by atoms with E-state index in [1.54, 1.807) is 0 Å². The molecule has 2 N–H and O–H groups in total. The molecular formula is C24H40N4O6. The summed E-state index contributed by atoms with van der Waals surface area (Å²) >= 11 is 0. The number of esters is 1. The second-order valence-corrected chi connectivity index (χ2v) is 11.2. The molecule has 0 unspecified atom stereocenters. The molecule has 1 saturated heterocycles. The highest BCUT2D eigenvalue weighted by atomic mass is 16.5. The predicted molar refractivity (Wildman–Crippen MR) is 125 cm³/mol. The van der Waals surface area contributed by atoms with Crippen molar-refractivity contribution in [3.8, 4) is 0 Å². The zero-order valence-corrected chi connectivity index (χ0v) is 21.6. The van der Waals surface area contributed by atoms with Crippen molar-refractivity contribution in [1.82, 2.24) is 20.4 Å². The number of imide groups is 1. The minimum absolute atomic E-state index is 0.171. The van der Waals surface area contributed by atoms with Crippen molar-refractivity contribution < 1.29 is 28.7 Å². The summed E-state index contributed by atoms with van der Waals surface area (Å²) in [7, 11) is 1.43. The molecule has 0 aromatic carbocycles. The van der Waals surface area contributed by atoms with Crippen LogP contribution in [0, 0.1) is 11.3 Å². The molecule has 2 fully saturated rings. The van der Waals surface area contributed by atoms with Gasteiger partial charge < -0.3 is 20.3 Å². The number of ether oxygens (including phenoxy) is 1. The SMILES string of the molecule is CCC(C)(C)C1CCC2(CC1)NC(=O)N(CC(=O)OCC(=O)N(C)CC(=O)NC(C)(C)C)C2=O. The molecule has 1 spiro atoms. The van der Waals surface area contributed by atoms with Gasteiger partial charge >= 0.3 is 12.0 Å². The molecule has 34 heavy (non-hydrogen) atoms. The normalized spacial score (nSPS) is 23.0. The fraction of sp³-hybridized carbons (Fsp3) is 0.792. The third kappa shape index (κ3) is 6.70. The molecule has 2 aliphatic rings. The molecule has 192 valence electrons. The van der Waals surface area contributed by atoms with Crippen LogP contribution < -0.4 is 10.6 Å². The summed E-state index contributed by atoms with van der Waals surface area (Å²) < 4.78 is 4.98. The van der Waals surface area contributed by atoms with E-state index in [4.69, 9.17) is 4.74 Å². The number of hydrogen-bond donors (Lipinski definition) is 2. The molecule has 0 atom stereocenters. The largest absolute Gasteiger partial charge is 0.454 e. The summed E-state index contributed by atoms with van der Waals surface area (Å²) in [5.74, 6) is -1.70. The van der Waals surface area contributed by atoms with Gasteiger partial charge in [-0.3, -0.25) is 24.1 Å². The highest BCUT2D eigenvalue weighted by Gasteiger charge is 2.53. The molecule has 5 amide bonds. The quantitative estimate of drug-likeness (QED) is 0.403. The predicted octanol–water partition coefficient (Wildman–Crippen LogP) is 1.82. The van der Waals surface area contributed by atoms with Crippen LogP contribution in [0.15, 0.2) is 0 Å². The number of hydrogen-bond acceptors (Lipinski definition) is 6. The van der Waals surface area contributed by atoms with Crippen LogP contribution >= 0.6 is 0 Å². The van der Waals surface area contributed by atoms with Gasteiger partial charge in [-0.15, -0.1) is 0 Å². The maximum Gasteiger partial charge on any atom is 0.326 e. The average Bonchev–Trinajstić information content (AvgIpc) is 2.94. The van der Waals surface area contributed by atoms with Crippen molar-refractivity contribution in [3.63, 3.8) is 0 Å². The van der Waals surface area contributed by atoms with E-state index in [1.165, 1.54) is 7.05 Å². The van der Waals surface area contributed by atoms with Crippen molar-refractivity contribution in [1.29, 1.82) is 0 Å². The maximum atomic E-state index is 13.1. The molecule has 0 radical (unpaired) electrons. The standard InChI is InChI=1S/C24H40N4O6/c1-8-23(5,6)16-9-11-24(12-10-16)20(32)28(21(33)26-24)14-19(31)34-15-18(30)27(7)13-17(29)25-22(2,3)4/h16H,8-15H2,1-7H3,(H,25,29)(H,26,33). The Hall–Kier alpha value is -2.65. The highest BCUT2D eigenvalue weighted by molar-refractivity contribution is 6.08. The molecule has 1 aliphatic carbocycles. The van der Waals surface area contributed by atoms with Crippen molar-refractivity contribution >= 4 is 29.7 Å². The second kappa shape index (κ2) is 10.3. The number of rotatable bonds is 8. The first-order valence-electron chi connectivity index (χ1n) is 11.9. The van der Waals surface area contributed by atoms with E-state index in [1.807, 2.05) is 20.8 Å². The maximum absolute atomic E-state index is 13.1. The third-order valence-electron chi connectivity index (χ3n) is 7.07. The summed E-state index contributed by atoms with van der Waals surface area (Å²) in [5.41, 5.74) is -1.23. The zero-order valence-electron chi connectivity index (χ0n) is 21.6. The lowest BCUT2D eigenvalue weighted by Gasteiger charge is -2.42. The van der Waals surface area contributed by atoms with E-state index < -0.39 is 48.0 Å². The van der Waals surface area contributed by atoms with Crippen molar-refractivity contribution in [2.24, 2.45) is 11.3 Å². The second-order valence-electron chi connectivity index (χ2n) is 11.2. The lowest BCUT2D eigenvalue weighted by molar-refractivity contribution is -0.154. The fourth-order valence-electron chi connectivity index (χ4n) is 4.53. The number of nitrogens with one attached hydrogen (secondary N) is 2. The first-order chi connectivity index (χ1) is 15.6. The minimum atomic E-state index is -0.964. The van der Waals surface area contributed by atoms with Gasteiger partial charge in [0.25, 0.3) is 11.8 Å². The molecule has 1 heterocycles. The van der Waals surface area contributed by atoms with Crippen LogP contribution in [-0.2, 0) is 23.9 Å². The third-order valence-corrected chi connectivity index (χ3v) is 7.07. The number of amides is 5. The van der Waals surface area contributed by atoms with Gasteiger partial charge in [-0.05, 0) is 57.8 Å². The molecule has 2 rings (SSSR count). The summed E-state index contributed by atoms with van der Waals surface area (Å²) in [6.07, 6.45) is 3.77. The van der Waals surface area contributed by atoms with Gasteiger partial charge in [0.15, 0.2) is 6.61 Å². The monoisotopic (exact) mass is 480 g/mol. The fourth-order valence-corrected chi connectivity index (χ4v) is 4.53. The van der Waals surface area contributed by atoms with Crippen LogP contribution in [0.25, 0.3) is 0 Å². The Morgan fingerprint density at radius 3 is 2.26 bits per heavy atom. The smallest absolute Gasteiger partial charge is 0.326 e. The molecule has 10 nitrogen and oxygen atoms in total. The van der Waals surface area contributed by atoms with E-state index in [2.05, 4.69) is 31.4 Å². The van der Waals surface area contributed by atoms with Gasteiger partial charge in [-0.1, -0.05) is 27.2 Å². The van der Waals surface area contributed by atoms with Crippen LogP contribution in [0.1, 0.15) is 73.6 Å². The van der Waals surface area contributed by atoms with Crippen LogP contribution in [0.5, 0.6) is 0 Å². The Kier molecular flexibility index (Phi) is 8.37. The molecule has 1 aliphatic heterocycles. The summed E-state index contributed by atoms with van der Waals surface area (Å²) in [6, 6.07) is -0.613. The van der Waals surface area contributed by atoms with Gasteiger partial charge in [0, 0.05) is 12.6 Å². The molecule has 0 aromatic heterocycles. The molecule has 0 aromatic rings. The summed E-state index contributed by atoms with van der Waals surface area (Å²) in [4.78, 5) is 64.0. The van der Waals surface area contributed by atoms with E-state index in [9.17, 15) is 24.0 Å². The molecular weight excluding hydrogens is 440 g/mol.